The highest BCUT2D eigenvalue weighted by Crippen LogP contribution is 2.27. The van der Waals surface area contributed by atoms with Gasteiger partial charge in [-0.2, -0.15) is 0 Å². The van der Waals surface area contributed by atoms with Crippen LogP contribution in [0.1, 0.15) is 21.5 Å². The van der Waals surface area contributed by atoms with Gasteiger partial charge < -0.3 is 15.0 Å². The van der Waals surface area contributed by atoms with Crippen molar-refractivity contribution in [2.75, 3.05) is 29.4 Å². The summed E-state index contributed by atoms with van der Waals surface area (Å²) in [4.78, 5) is 30.0. The van der Waals surface area contributed by atoms with E-state index in [4.69, 9.17) is 4.74 Å². The fraction of sp³-hybridized carbons (Fsp3) is 0.333. The van der Waals surface area contributed by atoms with E-state index in [-0.39, 0.29) is 18.1 Å². The molecular weight excluding hydrogens is 374 g/mol. The molecule has 146 valence electrons. The number of thiophene rings is 1. The van der Waals surface area contributed by atoms with Gasteiger partial charge in [-0.1, -0.05) is 13.0 Å². The lowest BCUT2D eigenvalue weighted by Gasteiger charge is -2.19. The molecule has 2 unspecified atom stereocenters. The molecule has 1 N–H and O–H groups in total. The molecule has 28 heavy (non-hydrogen) atoms. The minimum absolute atomic E-state index is 0.134. The van der Waals surface area contributed by atoms with Crippen molar-refractivity contribution in [2.24, 2.45) is 5.92 Å². The van der Waals surface area contributed by atoms with Crippen molar-refractivity contribution < 1.29 is 14.3 Å². The fourth-order valence-electron chi connectivity index (χ4n) is 3.39. The third-order valence-corrected chi connectivity index (χ3v) is 5.90. The summed E-state index contributed by atoms with van der Waals surface area (Å²) in [5.41, 5.74) is 1.90. The highest BCUT2D eigenvalue weighted by Gasteiger charge is 2.32. The summed E-state index contributed by atoms with van der Waals surface area (Å²) in [7, 11) is 0. The average molecular weight is 398 g/mol. The molecule has 1 saturated heterocycles. The first-order valence-corrected chi connectivity index (χ1v) is 10.2. The minimum atomic E-state index is -0.381. The van der Waals surface area contributed by atoms with E-state index in [0.717, 1.165) is 22.8 Å². The zero-order valence-corrected chi connectivity index (χ0v) is 16.7. The highest BCUT2D eigenvalue weighted by atomic mass is 32.1. The van der Waals surface area contributed by atoms with Gasteiger partial charge in [-0.05, 0) is 49.2 Å². The van der Waals surface area contributed by atoms with Crippen molar-refractivity contribution in [1.29, 1.82) is 0 Å². The molecule has 4 rings (SSSR count). The van der Waals surface area contributed by atoms with Crippen LogP contribution in [-0.4, -0.2) is 37.7 Å². The molecule has 1 fully saturated rings. The van der Waals surface area contributed by atoms with E-state index in [1.165, 1.54) is 11.3 Å². The molecule has 2 atom stereocenters. The summed E-state index contributed by atoms with van der Waals surface area (Å²) in [6, 6.07) is 11.6. The van der Waals surface area contributed by atoms with Gasteiger partial charge in [-0.25, -0.2) is 4.79 Å². The normalized spacial score (nSPS) is 21.3. The first-order chi connectivity index (χ1) is 13.5. The number of rotatable bonds is 5. The predicted octanol–water partition coefficient (Wildman–Crippen LogP) is 3.78. The van der Waals surface area contributed by atoms with Gasteiger partial charge in [0.1, 0.15) is 6.10 Å². The average Bonchev–Trinajstić information content (AvgIpc) is 3.40. The molecule has 0 bridgehead atoms. The van der Waals surface area contributed by atoms with Crippen LogP contribution >= 0.6 is 11.3 Å². The van der Waals surface area contributed by atoms with Crippen LogP contribution in [0.25, 0.3) is 0 Å². The Kier molecular flexibility index (Phi) is 5.09. The Morgan fingerprint density at radius 3 is 2.57 bits per heavy atom. The van der Waals surface area contributed by atoms with Crippen LogP contribution in [0.2, 0.25) is 0 Å². The molecule has 7 heteroatoms. The molecule has 0 spiro atoms. The number of amides is 2. The lowest BCUT2D eigenvalue weighted by atomic mass is 10.2. The summed E-state index contributed by atoms with van der Waals surface area (Å²) in [5, 5.41) is 2.85. The van der Waals surface area contributed by atoms with Gasteiger partial charge in [0.2, 0.25) is 0 Å². The second kappa shape index (κ2) is 7.67. The van der Waals surface area contributed by atoms with Crippen LogP contribution < -0.4 is 15.1 Å². The maximum atomic E-state index is 12.3. The monoisotopic (exact) mass is 397 g/mol. The number of benzene rings is 1. The van der Waals surface area contributed by atoms with Crippen LogP contribution in [0.4, 0.5) is 16.2 Å². The topological polar surface area (TPSA) is 61.9 Å². The quantitative estimate of drug-likeness (QED) is 0.834. The summed E-state index contributed by atoms with van der Waals surface area (Å²) in [6.45, 7) is 5.83. The first kappa shape index (κ1) is 18.6. The van der Waals surface area contributed by atoms with Crippen LogP contribution in [0.5, 0.6) is 0 Å². The van der Waals surface area contributed by atoms with Gasteiger partial charge in [-0.3, -0.25) is 9.69 Å². The lowest BCUT2D eigenvalue weighted by molar-refractivity contribution is 0.0920. The van der Waals surface area contributed by atoms with E-state index in [2.05, 4.69) is 29.4 Å². The molecule has 0 saturated carbocycles. The second-order valence-electron chi connectivity index (χ2n) is 7.22. The van der Waals surface area contributed by atoms with E-state index in [9.17, 15) is 9.59 Å². The first-order valence-electron chi connectivity index (χ1n) is 9.37. The summed E-state index contributed by atoms with van der Waals surface area (Å²) in [5.74, 6) is 0.409. The summed E-state index contributed by atoms with van der Waals surface area (Å²) in [6.07, 6.45) is 3.54. The van der Waals surface area contributed by atoms with Crippen LogP contribution in [0.3, 0.4) is 0 Å². The largest absolute Gasteiger partial charge is 0.442 e. The third-order valence-electron chi connectivity index (χ3n) is 4.90. The van der Waals surface area contributed by atoms with Crippen molar-refractivity contribution in [2.45, 2.75) is 20.0 Å². The summed E-state index contributed by atoms with van der Waals surface area (Å²) >= 11 is 1.45. The number of carbonyl (C=O) groups excluding carboxylic acids is 2. The number of nitrogens with one attached hydrogen (secondary N) is 1. The van der Waals surface area contributed by atoms with E-state index in [1.54, 1.807) is 11.0 Å². The van der Waals surface area contributed by atoms with E-state index in [0.29, 0.717) is 23.9 Å². The number of anilines is 2. The molecule has 2 aromatic rings. The molecular formula is C21H23N3O3S. The minimum Gasteiger partial charge on any atom is -0.442 e. The summed E-state index contributed by atoms with van der Waals surface area (Å²) < 4.78 is 5.42. The highest BCUT2D eigenvalue weighted by molar-refractivity contribution is 7.13. The van der Waals surface area contributed by atoms with Gasteiger partial charge in [0.15, 0.2) is 0 Å². The maximum Gasteiger partial charge on any atom is 0.414 e. The van der Waals surface area contributed by atoms with Crippen molar-refractivity contribution >= 4 is 34.7 Å². The number of hydrogen-bond acceptors (Lipinski definition) is 5. The molecule has 0 aliphatic carbocycles. The Labute approximate surface area is 168 Å². The maximum absolute atomic E-state index is 12.3. The Hall–Kier alpha value is -2.80. The van der Waals surface area contributed by atoms with Gasteiger partial charge in [0.25, 0.3) is 5.91 Å². The Morgan fingerprint density at radius 2 is 1.93 bits per heavy atom. The van der Waals surface area contributed by atoms with E-state index < -0.39 is 0 Å². The number of cyclic esters (lactones) is 1. The molecule has 2 aliphatic rings. The Bertz CT molecular complexity index is 906. The van der Waals surface area contributed by atoms with Gasteiger partial charge in [0.05, 0.1) is 18.0 Å². The molecule has 0 radical (unpaired) electrons. The van der Waals surface area contributed by atoms with Crippen LogP contribution in [0, 0.1) is 12.8 Å². The van der Waals surface area contributed by atoms with Gasteiger partial charge in [-0.15, -0.1) is 11.3 Å². The molecule has 2 amide bonds. The lowest BCUT2D eigenvalue weighted by Crippen LogP contribution is -2.34. The standard InChI is InChI=1S/C21H23N3O3S/c1-14-9-10-23(12-14)16-4-6-17(7-5-16)24-13-18(27-21(24)26)11-22-20(25)19-8-3-15(2)28-19/h3-10,14,18H,11-13H2,1-2H3,(H,22,25). The predicted molar refractivity (Wildman–Crippen MR) is 111 cm³/mol. The molecule has 2 aliphatic heterocycles. The number of hydrogen-bond donors (Lipinski definition) is 1. The molecule has 3 heterocycles. The number of aryl methyl sites for hydroxylation is 1. The molecule has 6 nitrogen and oxygen atoms in total. The van der Waals surface area contributed by atoms with Crippen molar-refractivity contribution in [3.8, 4) is 0 Å². The van der Waals surface area contributed by atoms with Gasteiger partial charge >= 0.3 is 6.09 Å². The zero-order valence-electron chi connectivity index (χ0n) is 15.9. The smallest absolute Gasteiger partial charge is 0.414 e. The fourth-order valence-corrected chi connectivity index (χ4v) is 4.17. The van der Waals surface area contributed by atoms with E-state index >= 15 is 0 Å². The van der Waals surface area contributed by atoms with Crippen molar-refractivity contribution in [3.05, 3.63) is 58.4 Å². The number of nitrogens with zero attached hydrogens (tertiary/aromatic N) is 2. The molecule has 1 aromatic carbocycles. The van der Waals surface area contributed by atoms with E-state index in [1.807, 2.05) is 37.3 Å². The third kappa shape index (κ3) is 3.89. The van der Waals surface area contributed by atoms with Crippen LogP contribution in [0.15, 0.2) is 48.7 Å². The van der Waals surface area contributed by atoms with Crippen molar-refractivity contribution in [3.63, 3.8) is 0 Å². The number of carbonyl (C=O) groups is 2. The number of ether oxygens (including phenoxy) is 1. The zero-order chi connectivity index (χ0) is 19.7. The van der Waals surface area contributed by atoms with Gasteiger partial charge in [0, 0.05) is 29.0 Å². The van der Waals surface area contributed by atoms with Crippen molar-refractivity contribution in [1.82, 2.24) is 5.32 Å². The van der Waals surface area contributed by atoms with Crippen LogP contribution in [-0.2, 0) is 4.74 Å². The SMILES string of the molecule is Cc1ccc(C(=O)NCC2CN(c3ccc(N4C=CC(C)C4)cc3)C(=O)O2)s1. The molecule has 1 aromatic heterocycles. The second-order valence-corrected chi connectivity index (χ2v) is 8.51. The Morgan fingerprint density at radius 1 is 1.18 bits per heavy atom. The Balaban J connectivity index is 1.34.